The van der Waals surface area contributed by atoms with Gasteiger partial charge in [-0.3, -0.25) is 9.59 Å². The van der Waals surface area contributed by atoms with E-state index in [-0.39, 0.29) is 11.6 Å². The standard InChI is InChI=1S/C22H16BrN5O3/c23-15-2-1-3-18(12-15)31-20-9-4-14(13-25-20)22(30)26-16-5-7-17(8-6-16)28-11-10-19(27-28)21(24)29/h1-13H,(H2,24,29)(H,26,30). The van der Waals surface area contributed by atoms with Gasteiger partial charge in [-0.05, 0) is 54.6 Å². The molecule has 9 heteroatoms. The van der Waals surface area contributed by atoms with Gasteiger partial charge in [-0.2, -0.15) is 5.10 Å². The second-order valence-corrected chi connectivity index (χ2v) is 7.37. The molecule has 0 aliphatic rings. The first-order chi connectivity index (χ1) is 15.0. The quantitative estimate of drug-likeness (QED) is 0.432. The molecule has 3 N–H and O–H groups in total. The molecule has 4 rings (SSSR count). The fourth-order valence-electron chi connectivity index (χ4n) is 2.73. The number of ether oxygens (including phenoxy) is 1. The maximum absolute atomic E-state index is 12.5. The summed E-state index contributed by atoms with van der Waals surface area (Å²) >= 11 is 3.39. The number of nitrogens with zero attached hydrogens (tertiary/aromatic N) is 3. The molecule has 31 heavy (non-hydrogen) atoms. The Morgan fingerprint density at radius 1 is 1.03 bits per heavy atom. The zero-order valence-electron chi connectivity index (χ0n) is 16.0. The molecule has 4 aromatic rings. The number of hydrogen-bond donors (Lipinski definition) is 2. The Hall–Kier alpha value is -3.98. The number of halogens is 1. The number of pyridine rings is 1. The van der Waals surface area contributed by atoms with Gasteiger partial charge >= 0.3 is 0 Å². The molecule has 0 bridgehead atoms. The van der Waals surface area contributed by atoms with E-state index in [1.165, 1.54) is 16.9 Å². The first-order valence-corrected chi connectivity index (χ1v) is 9.94. The topological polar surface area (TPSA) is 112 Å². The number of aromatic nitrogens is 3. The smallest absolute Gasteiger partial charge is 0.269 e. The highest BCUT2D eigenvalue weighted by Crippen LogP contribution is 2.23. The summed E-state index contributed by atoms with van der Waals surface area (Å²) in [5.41, 5.74) is 7.11. The number of benzene rings is 2. The van der Waals surface area contributed by atoms with Crippen LogP contribution in [0.2, 0.25) is 0 Å². The normalized spacial score (nSPS) is 10.5. The van der Waals surface area contributed by atoms with E-state index in [0.29, 0.717) is 22.9 Å². The number of rotatable bonds is 6. The van der Waals surface area contributed by atoms with E-state index in [1.54, 1.807) is 42.6 Å². The summed E-state index contributed by atoms with van der Waals surface area (Å²) in [6.45, 7) is 0. The van der Waals surface area contributed by atoms with Gasteiger partial charge in [0.1, 0.15) is 11.4 Å². The minimum Gasteiger partial charge on any atom is -0.439 e. The Balaban J connectivity index is 1.40. The molecule has 2 aromatic heterocycles. The van der Waals surface area contributed by atoms with Crippen LogP contribution < -0.4 is 15.8 Å². The molecule has 0 unspecified atom stereocenters. The fourth-order valence-corrected chi connectivity index (χ4v) is 3.10. The number of carbonyl (C=O) groups excluding carboxylic acids is 2. The van der Waals surface area contributed by atoms with Crippen LogP contribution in [-0.4, -0.2) is 26.6 Å². The Morgan fingerprint density at radius 2 is 1.84 bits per heavy atom. The lowest BCUT2D eigenvalue weighted by atomic mass is 10.2. The van der Waals surface area contributed by atoms with E-state index in [4.69, 9.17) is 10.5 Å². The monoisotopic (exact) mass is 477 g/mol. The maximum atomic E-state index is 12.5. The van der Waals surface area contributed by atoms with Crippen LogP contribution >= 0.6 is 15.9 Å². The third kappa shape index (κ3) is 4.96. The number of anilines is 1. The summed E-state index contributed by atoms with van der Waals surface area (Å²) < 4.78 is 8.10. The summed E-state index contributed by atoms with van der Waals surface area (Å²) in [6, 6.07) is 19.2. The second-order valence-electron chi connectivity index (χ2n) is 6.46. The van der Waals surface area contributed by atoms with Crippen LogP contribution in [0.4, 0.5) is 5.69 Å². The molecular formula is C22H16BrN5O3. The molecule has 2 aromatic carbocycles. The zero-order chi connectivity index (χ0) is 21.8. The lowest BCUT2D eigenvalue weighted by Gasteiger charge is -2.08. The van der Waals surface area contributed by atoms with Crippen molar-refractivity contribution in [2.45, 2.75) is 0 Å². The highest BCUT2D eigenvalue weighted by molar-refractivity contribution is 9.10. The molecule has 2 heterocycles. The van der Waals surface area contributed by atoms with Crippen molar-refractivity contribution in [1.29, 1.82) is 0 Å². The van der Waals surface area contributed by atoms with Crippen molar-refractivity contribution in [1.82, 2.24) is 14.8 Å². The molecule has 0 atom stereocenters. The van der Waals surface area contributed by atoms with Crippen LogP contribution in [0.3, 0.4) is 0 Å². The summed E-state index contributed by atoms with van der Waals surface area (Å²) in [7, 11) is 0. The van der Waals surface area contributed by atoms with Gasteiger partial charge in [0.05, 0.1) is 11.3 Å². The SMILES string of the molecule is NC(=O)c1ccn(-c2ccc(NC(=O)c3ccc(Oc4cccc(Br)c4)nc3)cc2)n1. The predicted molar refractivity (Wildman–Crippen MR) is 118 cm³/mol. The van der Waals surface area contributed by atoms with Crippen LogP contribution in [0.5, 0.6) is 11.6 Å². The van der Waals surface area contributed by atoms with Gasteiger partial charge in [-0.1, -0.05) is 22.0 Å². The largest absolute Gasteiger partial charge is 0.439 e. The lowest BCUT2D eigenvalue weighted by Crippen LogP contribution is -2.13. The van der Waals surface area contributed by atoms with Crippen molar-refractivity contribution in [3.05, 3.63) is 94.9 Å². The molecule has 2 amide bonds. The van der Waals surface area contributed by atoms with E-state index in [2.05, 4.69) is 31.3 Å². The van der Waals surface area contributed by atoms with E-state index < -0.39 is 5.91 Å². The van der Waals surface area contributed by atoms with Crippen LogP contribution in [0.15, 0.2) is 83.6 Å². The number of nitrogens with two attached hydrogens (primary N) is 1. The van der Waals surface area contributed by atoms with E-state index >= 15 is 0 Å². The second kappa shape index (κ2) is 8.80. The van der Waals surface area contributed by atoms with Gasteiger partial charge in [-0.25, -0.2) is 9.67 Å². The van der Waals surface area contributed by atoms with Crippen LogP contribution in [-0.2, 0) is 0 Å². The summed E-state index contributed by atoms with van der Waals surface area (Å²) in [5, 5.41) is 6.90. The van der Waals surface area contributed by atoms with Gasteiger partial charge in [0, 0.05) is 28.6 Å². The minimum atomic E-state index is -0.593. The average Bonchev–Trinajstić information content (AvgIpc) is 3.25. The van der Waals surface area contributed by atoms with Crippen molar-refractivity contribution in [3.8, 4) is 17.3 Å². The Kier molecular flexibility index (Phi) is 5.76. The van der Waals surface area contributed by atoms with E-state index in [9.17, 15) is 9.59 Å². The molecule has 0 aliphatic carbocycles. The average molecular weight is 478 g/mol. The van der Waals surface area contributed by atoms with Crippen LogP contribution in [0.1, 0.15) is 20.8 Å². The summed E-state index contributed by atoms with van der Waals surface area (Å²) in [6.07, 6.45) is 3.09. The number of carbonyl (C=O) groups is 2. The van der Waals surface area contributed by atoms with Crippen molar-refractivity contribution in [3.63, 3.8) is 0 Å². The Labute approximate surface area is 185 Å². The third-order valence-electron chi connectivity index (χ3n) is 4.25. The molecule has 8 nitrogen and oxygen atoms in total. The van der Waals surface area contributed by atoms with Crippen LogP contribution in [0.25, 0.3) is 5.69 Å². The Bertz CT molecular complexity index is 1240. The van der Waals surface area contributed by atoms with Gasteiger partial charge in [-0.15, -0.1) is 0 Å². The number of nitrogens with one attached hydrogen (secondary N) is 1. The molecule has 0 saturated heterocycles. The molecule has 0 spiro atoms. The molecule has 0 radical (unpaired) electrons. The van der Waals surface area contributed by atoms with Gasteiger partial charge in [0.2, 0.25) is 5.88 Å². The molecule has 0 saturated carbocycles. The highest BCUT2D eigenvalue weighted by atomic mass is 79.9. The first-order valence-electron chi connectivity index (χ1n) is 9.15. The number of hydrogen-bond acceptors (Lipinski definition) is 5. The van der Waals surface area contributed by atoms with E-state index in [0.717, 1.165) is 10.2 Å². The third-order valence-corrected chi connectivity index (χ3v) is 4.74. The molecule has 0 fully saturated rings. The summed E-state index contributed by atoms with van der Waals surface area (Å²) in [4.78, 5) is 27.8. The van der Waals surface area contributed by atoms with Gasteiger partial charge in [0.25, 0.3) is 11.8 Å². The lowest BCUT2D eigenvalue weighted by molar-refractivity contribution is 0.0993. The molecule has 154 valence electrons. The van der Waals surface area contributed by atoms with Crippen molar-refractivity contribution in [2.24, 2.45) is 5.73 Å². The zero-order valence-corrected chi connectivity index (χ0v) is 17.6. The first kappa shape index (κ1) is 20.3. The fraction of sp³-hybridized carbons (Fsp3) is 0. The summed E-state index contributed by atoms with van der Waals surface area (Å²) in [5.74, 6) is 0.126. The van der Waals surface area contributed by atoms with E-state index in [1.807, 2.05) is 24.3 Å². The van der Waals surface area contributed by atoms with Crippen molar-refractivity contribution >= 4 is 33.4 Å². The van der Waals surface area contributed by atoms with Crippen molar-refractivity contribution < 1.29 is 14.3 Å². The molecular weight excluding hydrogens is 462 g/mol. The number of amides is 2. The highest BCUT2D eigenvalue weighted by Gasteiger charge is 2.09. The predicted octanol–water partition coefficient (Wildman–Crippen LogP) is 4.17. The number of primary amides is 1. The molecule has 0 aliphatic heterocycles. The maximum Gasteiger partial charge on any atom is 0.269 e. The van der Waals surface area contributed by atoms with Gasteiger partial charge < -0.3 is 15.8 Å². The van der Waals surface area contributed by atoms with Crippen LogP contribution in [0, 0.1) is 0 Å². The van der Waals surface area contributed by atoms with Crippen molar-refractivity contribution in [2.75, 3.05) is 5.32 Å². The Morgan fingerprint density at radius 3 is 2.48 bits per heavy atom. The van der Waals surface area contributed by atoms with Gasteiger partial charge in [0.15, 0.2) is 0 Å². The minimum absolute atomic E-state index is 0.178.